The molecule has 5 heteroatoms. The lowest BCUT2D eigenvalue weighted by Gasteiger charge is -2.11. The first kappa shape index (κ1) is 18.2. The molecule has 0 unspecified atom stereocenters. The van der Waals surface area contributed by atoms with Gasteiger partial charge in [-0.3, -0.25) is 9.59 Å². The average Bonchev–Trinajstić information content (AvgIpc) is 3.18. The Morgan fingerprint density at radius 2 is 1.78 bits per heavy atom. The third kappa shape index (κ3) is 4.73. The van der Waals surface area contributed by atoms with Crippen LogP contribution in [0.2, 0.25) is 0 Å². The molecule has 0 bridgehead atoms. The van der Waals surface area contributed by atoms with Gasteiger partial charge in [-0.15, -0.1) is 0 Å². The summed E-state index contributed by atoms with van der Waals surface area (Å²) < 4.78 is 5.14. The molecular weight excluding hydrogens is 340 g/mol. The zero-order valence-electron chi connectivity index (χ0n) is 15.2. The first-order valence-corrected chi connectivity index (χ1v) is 8.53. The number of hydrogen-bond acceptors (Lipinski definition) is 3. The van der Waals surface area contributed by atoms with Crippen molar-refractivity contribution in [1.29, 1.82) is 0 Å². The van der Waals surface area contributed by atoms with Crippen LogP contribution in [0.5, 0.6) is 0 Å². The van der Waals surface area contributed by atoms with Crippen LogP contribution in [0.4, 0.5) is 11.4 Å². The summed E-state index contributed by atoms with van der Waals surface area (Å²) in [4.78, 5) is 24.6. The predicted molar refractivity (Wildman–Crippen MR) is 107 cm³/mol. The summed E-state index contributed by atoms with van der Waals surface area (Å²) in [5, 5.41) is 5.65. The second kappa shape index (κ2) is 8.19. The number of hydrogen-bond donors (Lipinski definition) is 2. The summed E-state index contributed by atoms with van der Waals surface area (Å²) in [6, 6.07) is 16.1. The molecule has 136 valence electrons. The second-order valence-electron chi connectivity index (χ2n) is 6.12. The fraction of sp³-hybridized carbons (Fsp3) is 0.0909. The molecule has 2 aromatic carbocycles. The molecule has 2 amide bonds. The lowest BCUT2D eigenvalue weighted by Crippen LogP contribution is -2.14. The van der Waals surface area contributed by atoms with Gasteiger partial charge < -0.3 is 15.1 Å². The van der Waals surface area contributed by atoms with Crippen LogP contribution in [0.15, 0.2) is 71.4 Å². The number of carbonyl (C=O) groups excluding carboxylic acids is 2. The number of aryl methyl sites for hydroxylation is 1. The molecule has 0 fully saturated rings. The van der Waals surface area contributed by atoms with Crippen LogP contribution in [0.25, 0.3) is 6.08 Å². The van der Waals surface area contributed by atoms with Crippen molar-refractivity contribution in [3.63, 3.8) is 0 Å². The highest BCUT2D eigenvalue weighted by Gasteiger charge is 2.10. The Morgan fingerprint density at radius 1 is 0.963 bits per heavy atom. The minimum absolute atomic E-state index is 0.231. The number of furan rings is 1. The minimum Gasteiger partial charge on any atom is -0.465 e. The summed E-state index contributed by atoms with van der Waals surface area (Å²) in [5.74, 6) is 0.0521. The van der Waals surface area contributed by atoms with Gasteiger partial charge in [0, 0.05) is 23.0 Å². The van der Waals surface area contributed by atoms with E-state index < -0.39 is 0 Å². The van der Waals surface area contributed by atoms with Crippen molar-refractivity contribution in [2.24, 2.45) is 0 Å². The molecule has 2 N–H and O–H groups in total. The van der Waals surface area contributed by atoms with Crippen LogP contribution in [0.3, 0.4) is 0 Å². The molecule has 0 spiro atoms. The quantitative estimate of drug-likeness (QED) is 0.642. The van der Waals surface area contributed by atoms with E-state index in [1.54, 1.807) is 42.5 Å². The Bertz CT molecular complexity index is 989. The molecule has 27 heavy (non-hydrogen) atoms. The van der Waals surface area contributed by atoms with Crippen LogP contribution < -0.4 is 10.6 Å². The van der Waals surface area contributed by atoms with E-state index >= 15 is 0 Å². The molecule has 0 aliphatic heterocycles. The molecule has 1 heterocycles. The highest BCUT2D eigenvalue weighted by molar-refractivity contribution is 6.06. The van der Waals surface area contributed by atoms with Gasteiger partial charge in [0.05, 0.1) is 6.26 Å². The van der Waals surface area contributed by atoms with Gasteiger partial charge in [0.2, 0.25) is 5.91 Å². The molecule has 0 saturated carbocycles. The molecule has 3 rings (SSSR count). The van der Waals surface area contributed by atoms with E-state index in [0.29, 0.717) is 17.0 Å². The third-order valence-electron chi connectivity index (χ3n) is 4.19. The predicted octanol–water partition coefficient (Wildman–Crippen LogP) is 4.80. The SMILES string of the molecule is Cc1cccc(NC(=O)c2cccc(NC(=O)C=Cc3ccco3)c2)c1C. The summed E-state index contributed by atoms with van der Waals surface area (Å²) in [6.07, 6.45) is 4.49. The Morgan fingerprint density at radius 3 is 2.56 bits per heavy atom. The Labute approximate surface area is 157 Å². The smallest absolute Gasteiger partial charge is 0.255 e. The second-order valence-corrected chi connectivity index (χ2v) is 6.12. The van der Waals surface area contributed by atoms with E-state index in [1.807, 2.05) is 32.0 Å². The van der Waals surface area contributed by atoms with Gasteiger partial charge in [0.1, 0.15) is 5.76 Å². The lowest BCUT2D eigenvalue weighted by atomic mass is 10.1. The number of benzene rings is 2. The summed E-state index contributed by atoms with van der Waals surface area (Å²) in [6.45, 7) is 3.96. The van der Waals surface area contributed by atoms with Crippen LogP contribution in [0.1, 0.15) is 27.2 Å². The fourth-order valence-electron chi connectivity index (χ4n) is 2.55. The normalized spacial score (nSPS) is 10.7. The number of amides is 2. The van der Waals surface area contributed by atoms with E-state index in [2.05, 4.69) is 10.6 Å². The van der Waals surface area contributed by atoms with Crippen molar-refractivity contribution in [1.82, 2.24) is 0 Å². The van der Waals surface area contributed by atoms with Gasteiger partial charge >= 0.3 is 0 Å². The zero-order chi connectivity index (χ0) is 19.2. The van der Waals surface area contributed by atoms with Crippen molar-refractivity contribution in [2.75, 3.05) is 10.6 Å². The van der Waals surface area contributed by atoms with Gasteiger partial charge in [-0.05, 0) is 67.4 Å². The molecule has 0 atom stereocenters. The van der Waals surface area contributed by atoms with E-state index in [4.69, 9.17) is 4.42 Å². The molecule has 0 saturated heterocycles. The number of carbonyl (C=O) groups is 2. The van der Waals surface area contributed by atoms with E-state index in [0.717, 1.165) is 16.8 Å². The van der Waals surface area contributed by atoms with E-state index in [1.165, 1.54) is 12.3 Å². The Hall–Kier alpha value is -3.60. The number of rotatable bonds is 5. The van der Waals surface area contributed by atoms with Gasteiger partial charge in [0.25, 0.3) is 5.91 Å². The number of anilines is 2. The molecular formula is C22H20N2O3. The molecule has 0 aliphatic rings. The van der Waals surface area contributed by atoms with Crippen molar-refractivity contribution < 1.29 is 14.0 Å². The van der Waals surface area contributed by atoms with Gasteiger partial charge in [0.15, 0.2) is 0 Å². The zero-order valence-corrected chi connectivity index (χ0v) is 15.2. The molecule has 5 nitrogen and oxygen atoms in total. The topological polar surface area (TPSA) is 71.3 Å². The van der Waals surface area contributed by atoms with Crippen molar-refractivity contribution in [3.8, 4) is 0 Å². The molecule has 0 radical (unpaired) electrons. The van der Waals surface area contributed by atoms with Crippen LogP contribution in [-0.4, -0.2) is 11.8 Å². The Kier molecular flexibility index (Phi) is 5.52. The standard InChI is InChI=1S/C22H20N2O3/c1-15-6-3-10-20(16(15)2)24-22(26)17-7-4-8-18(14-17)23-21(25)12-11-19-9-5-13-27-19/h3-14H,1-2H3,(H,23,25)(H,24,26). The van der Waals surface area contributed by atoms with Gasteiger partial charge in [-0.1, -0.05) is 18.2 Å². The monoisotopic (exact) mass is 360 g/mol. The lowest BCUT2D eigenvalue weighted by molar-refractivity contribution is -0.111. The maximum absolute atomic E-state index is 12.5. The maximum atomic E-state index is 12.5. The van der Waals surface area contributed by atoms with Crippen molar-refractivity contribution >= 4 is 29.3 Å². The van der Waals surface area contributed by atoms with Gasteiger partial charge in [-0.2, -0.15) is 0 Å². The van der Waals surface area contributed by atoms with Crippen LogP contribution >= 0.6 is 0 Å². The van der Waals surface area contributed by atoms with Crippen molar-refractivity contribution in [2.45, 2.75) is 13.8 Å². The summed E-state index contributed by atoms with van der Waals surface area (Å²) in [5.41, 5.74) is 3.91. The minimum atomic E-state index is -0.307. The van der Waals surface area contributed by atoms with Crippen molar-refractivity contribution in [3.05, 3.63) is 89.4 Å². The summed E-state index contributed by atoms with van der Waals surface area (Å²) in [7, 11) is 0. The maximum Gasteiger partial charge on any atom is 0.255 e. The van der Waals surface area contributed by atoms with E-state index in [-0.39, 0.29) is 11.8 Å². The molecule has 3 aromatic rings. The average molecular weight is 360 g/mol. The highest BCUT2D eigenvalue weighted by atomic mass is 16.3. The number of nitrogens with one attached hydrogen (secondary N) is 2. The third-order valence-corrected chi connectivity index (χ3v) is 4.19. The van der Waals surface area contributed by atoms with E-state index in [9.17, 15) is 9.59 Å². The molecule has 1 aromatic heterocycles. The van der Waals surface area contributed by atoms with Gasteiger partial charge in [-0.25, -0.2) is 0 Å². The van der Waals surface area contributed by atoms with Crippen LogP contribution in [-0.2, 0) is 4.79 Å². The largest absolute Gasteiger partial charge is 0.465 e. The Balaban J connectivity index is 1.68. The van der Waals surface area contributed by atoms with Crippen LogP contribution in [0, 0.1) is 13.8 Å². The first-order chi connectivity index (χ1) is 13.0. The molecule has 0 aliphatic carbocycles. The highest BCUT2D eigenvalue weighted by Crippen LogP contribution is 2.19. The fourth-order valence-corrected chi connectivity index (χ4v) is 2.55. The first-order valence-electron chi connectivity index (χ1n) is 8.53. The summed E-state index contributed by atoms with van der Waals surface area (Å²) >= 11 is 0.